The van der Waals surface area contributed by atoms with Crippen LogP contribution in [0.1, 0.15) is 24.0 Å². The Hall–Kier alpha value is -2.22. The normalized spacial score (nSPS) is 15.7. The van der Waals surface area contributed by atoms with Crippen molar-refractivity contribution in [1.82, 2.24) is 19.6 Å². The average molecular weight is 360 g/mol. The van der Waals surface area contributed by atoms with Gasteiger partial charge in [-0.3, -0.25) is 0 Å². The lowest BCUT2D eigenvalue weighted by molar-refractivity contribution is -0.186. The molecule has 0 radical (unpaired) electrons. The molecule has 0 aromatic carbocycles. The van der Waals surface area contributed by atoms with Crippen molar-refractivity contribution >= 4 is 11.6 Å². The van der Waals surface area contributed by atoms with Crippen LogP contribution in [0.5, 0.6) is 5.88 Å². The molecule has 0 N–H and O–H groups in total. The van der Waals surface area contributed by atoms with E-state index in [1.165, 1.54) is 17.9 Å². The summed E-state index contributed by atoms with van der Waals surface area (Å²) in [6, 6.07) is 1.98. The molecule has 0 amide bonds. The van der Waals surface area contributed by atoms with E-state index in [2.05, 4.69) is 14.9 Å². The summed E-state index contributed by atoms with van der Waals surface area (Å²) in [5, 5.41) is 17.2. The van der Waals surface area contributed by atoms with Gasteiger partial charge in [-0.1, -0.05) is 11.6 Å². The smallest absolute Gasteiger partial charge is 0.388 e. The molecule has 8 nitrogen and oxygen atoms in total. The maximum atomic E-state index is 12.5. The van der Waals surface area contributed by atoms with Gasteiger partial charge in [-0.2, -0.15) is 19.1 Å². The first-order valence-electron chi connectivity index (χ1n) is 6.91. The lowest BCUT2D eigenvalue weighted by atomic mass is 10.2. The fourth-order valence-electron chi connectivity index (χ4n) is 2.30. The van der Waals surface area contributed by atoms with E-state index >= 15 is 0 Å². The number of ether oxygens (including phenoxy) is 3. The van der Waals surface area contributed by atoms with Gasteiger partial charge in [-0.15, -0.1) is 5.10 Å². The minimum Gasteiger partial charge on any atom is -0.415 e. The fraction of sp³-hybridized carbons (Fsp3) is 0.462. The Balaban J connectivity index is 2.07. The minimum atomic E-state index is -3.05. The van der Waals surface area contributed by atoms with E-state index in [0.717, 1.165) is 11.1 Å². The first-order valence-corrected chi connectivity index (χ1v) is 7.29. The molecule has 1 aliphatic heterocycles. The van der Waals surface area contributed by atoms with Crippen LogP contribution in [0.4, 0.5) is 8.78 Å². The maximum absolute atomic E-state index is 12.5. The predicted octanol–water partition coefficient (Wildman–Crippen LogP) is 2.17. The lowest BCUT2D eigenvalue weighted by Gasteiger charge is -2.23. The Kier molecular flexibility index (Phi) is 4.66. The quantitative estimate of drug-likeness (QED) is 0.831. The van der Waals surface area contributed by atoms with Crippen LogP contribution in [0.25, 0.3) is 5.82 Å². The third-order valence-electron chi connectivity index (χ3n) is 3.30. The second-order valence-corrected chi connectivity index (χ2v) is 5.22. The van der Waals surface area contributed by atoms with E-state index in [9.17, 15) is 14.0 Å². The molecule has 128 valence electrons. The van der Waals surface area contributed by atoms with Crippen LogP contribution >= 0.6 is 11.6 Å². The number of nitrogens with zero attached hydrogens (tertiary/aromatic N) is 5. The first kappa shape index (κ1) is 16.6. The highest BCUT2D eigenvalue weighted by molar-refractivity contribution is 6.33. The third-order valence-corrected chi connectivity index (χ3v) is 3.63. The average Bonchev–Trinajstić information content (AvgIpc) is 3.11. The van der Waals surface area contributed by atoms with Gasteiger partial charge in [0.1, 0.15) is 16.8 Å². The summed E-state index contributed by atoms with van der Waals surface area (Å²) in [7, 11) is 1.40. The molecule has 0 aliphatic carbocycles. The molecule has 0 spiro atoms. The number of hydrogen-bond acceptors (Lipinski definition) is 6. The molecule has 1 fully saturated rings. The van der Waals surface area contributed by atoms with Crippen LogP contribution in [0.3, 0.4) is 0 Å². The molecule has 24 heavy (non-hydrogen) atoms. The summed E-state index contributed by atoms with van der Waals surface area (Å²) in [4.78, 5) is 0. The van der Waals surface area contributed by atoms with Crippen molar-refractivity contribution < 1.29 is 23.0 Å². The Morgan fingerprint density at radius 1 is 1.46 bits per heavy atom. The second-order valence-electron chi connectivity index (χ2n) is 4.84. The molecule has 11 heteroatoms. The number of aromatic nitrogens is 4. The van der Waals surface area contributed by atoms with E-state index in [1.54, 1.807) is 0 Å². The molecule has 3 heterocycles. The second kappa shape index (κ2) is 6.72. The standard InChI is InChI=1S/C13H12ClF2N5O3/c1-20-11(24-13(15)16)8(14)10(19-20)21-9(7(5-17)6-18-21)12-22-3-2-4-23-12/h6,12-13H,2-4H2,1H3. The zero-order valence-electron chi connectivity index (χ0n) is 12.4. The Morgan fingerprint density at radius 3 is 2.79 bits per heavy atom. The van der Waals surface area contributed by atoms with E-state index in [1.807, 2.05) is 6.07 Å². The van der Waals surface area contributed by atoms with Gasteiger partial charge in [0, 0.05) is 7.05 Å². The van der Waals surface area contributed by atoms with Gasteiger partial charge in [0.2, 0.25) is 12.2 Å². The number of hydrogen-bond donors (Lipinski definition) is 0. The van der Waals surface area contributed by atoms with Crippen molar-refractivity contribution in [1.29, 1.82) is 5.26 Å². The Bertz CT molecular complexity index is 779. The van der Waals surface area contributed by atoms with Crippen molar-refractivity contribution in [2.75, 3.05) is 13.2 Å². The van der Waals surface area contributed by atoms with Crippen molar-refractivity contribution in [3.05, 3.63) is 22.5 Å². The molecular weight excluding hydrogens is 348 g/mol. The van der Waals surface area contributed by atoms with Crippen LogP contribution in [-0.2, 0) is 16.5 Å². The molecule has 2 aromatic heterocycles. The molecule has 1 saturated heterocycles. The Morgan fingerprint density at radius 2 is 2.17 bits per heavy atom. The molecule has 0 bridgehead atoms. The van der Waals surface area contributed by atoms with Crippen LogP contribution in [0.15, 0.2) is 6.20 Å². The highest BCUT2D eigenvalue weighted by atomic mass is 35.5. The van der Waals surface area contributed by atoms with Crippen LogP contribution < -0.4 is 4.74 Å². The SMILES string of the molecule is Cn1nc(-n2ncc(C#N)c2C2OCCCO2)c(Cl)c1OC(F)F. The van der Waals surface area contributed by atoms with E-state index in [-0.39, 0.29) is 22.3 Å². The molecule has 0 saturated carbocycles. The van der Waals surface area contributed by atoms with Gasteiger partial charge in [-0.25, -0.2) is 9.36 Å². The van der Waals surface area contributed by atoms with Gasteiger partial charge >= 0.3 is 6.61 Å². The fourth-order valence-corrected chi connectivity index (χ4v) is 2.59. The number of nitriles is 1. The molecule has 2 aromatic rings. The van der Waals surface area contributed by atoms with E-state index < -0.39 is 12.9 Å². The van der Waals surface area contributed by atoms with Crippen molar-refractivity contribution in [3.8, 4) is 17.8 Å². The summed E-state index contributed by atoms with van der Waals surface area (Å²) < 4.78 is 42.7. The summed E-state index contributed by atoms with van der Waals surface area (Å²) in [5.41, 5.74) is 0.501. The van der Waals surface area contributed by atoms with Crippen molar-refractivity contribution in [2.24, 2.45) is 7.05 Å². The van der Waals surface area contributed by atoms with Gasteiger partial charge in [0.25, 0.3) is 0 Å². The summed E-state index contributed by atoms with van der Waals surface area (Å²) in [6.07, 6.45) is 1.20. The van der Waals surface area contributed by atoms with Gasteiger partial charge in [-0.05, 0) is 6.42 Å². The largest absolute Gasteiger partial charge is 0.415 e. The molecule has 0 atom stereocenters. The summed E-state index contributed by atoms with van der Waals surface area (Å²) in [6.45, 7) is -2.14. The van der Waals surface area contributed by atoms with Crippen molar-refractivity contribution in [2.45, 2.75) is 19.3 Å². The van der Waals surface area contributed by atoms with E-state index in [0.29, 0.717) is 18.9 Å². The molecule has 3 rings (SSSR count). The number of halogens is 3. The zero-order valence-corrected chi connectivity index (χ0v) is 13.2. The van der Waals surface area contributed by atoms with Gasteiger partial charge in [0.15, 0.2) is 5.82 Å². The summed E-state index contributed by atoms with van der Waals surface area (Å²) >= 11 is 6.10. The number of rotatable bonds is 4. The third kappa shape index (κ3) is 2.93. The maximum Gasteiger partial charge on any atom is 0.388 e. The number of alkyl halides is 2. The van der Waals surface area contributed by atoms with Crippen molar-refractivity contribution in [3.63, 3.8) is 0 Å². The van der Waals surface area contributed by atoms with Gasteiger partial charge in [0.05, 0.1) is 25.0 Å². The Labute approximate surface area is 140 Å². The van der Waals surface area contributed by atoms with Gasteiger partial charge < -0.3 is 14.2 Å². The van der Waals surface area contributed by atoms with E-state index in [4.69, 9.17) is 21.1 Å². The topological polar surface area (TPSA) is 87.1 Å². The molecule has 0 unspecified atom stereocenters. The minimum absolute atomic E-state index is 0.0316. The highest BCUT2D eigenvalue weighted by Gasteiger charge is 2.29. The highest BCUT2D eigenvalue weighted by Crippen LogP contribution is 2.34. The summed E-state index contributed by atoms with van der Waals surface area (Å²) in [5.74, 6) is -0.281. The van der Waals surface area contributed by atoms with Crippen LogP contribution in [0, 0.1) is 11.3 Å². The molecule has 1 aliphatic rings. The molecular formula is C13H12ClF2N5O3. The monoisotopic (exact) mass is 359 g/mol. The van der Waals surface area contributed by atoms with Crippen LogP contribution in [-0.4, -0.2) is 39.4 Å². The lowest BCUT2D eigenvalue weighted by Crippen LogP contribution is -2.21. The predicted molar refractivity (Wildman–Crippen MR) is 75.9 cm³/mol. The zero-order chi connectivity index (χ0) is 17.3. The van der Waals surface area contributed by atoms with Crippen LogP contribution in [0.2, 0.25) is 5.02 Å². The first-order chi connectivity index (χ1) is 11.5. The number of aryl methyl sites for hydroxylation is 1.